The Labute approximate surface area is 61.4 Å². The number of carbonyl (C=O) groups is 1. The third kappa shape index (κ3) is 4.25. The van der Waals surface area contributed by atoms with Crippen molar-refractivity contribution in [2.45, 2.75) is 19.7 Å². The molecule has 0 aromatic carbocycles. The van der Waals surface area contributed by atoms with Gasteiger partial charge in [0.15, 0.2) is 0 Å². The van der Waals surface area contributed by atoms with Crippen LogP contribution in [0.3, 0.4) is 0 Å². The molecule has 0 aliphatic heterocycles. The number of ether oxygens (including phenoxy) is 1. The van der Waals surface area contributed by atoms with Crippen molar-refractivity contribution in [3.05, 3.63) is 10.7 Å². The summed E-state index contributed by atoms with van der Waals surface area (Å²) in [5, 5.41) is 0. The van der Waals surface area contributed by atoms with Gasteiger partial charge in [-0.15, -0.1) is 0 Å². The van der Waals surface area contributed by atoms with Crippen molar-refractivity contribution in [3.8, 4) is 0 Å². The molecule has 3 heteroatoms. The van der Waals surface area contributed by atoms with Crippen LogP contribution in [0.5, 0.6) is 0 Å². The maximum atomic E-state index is 10.3. The zero-order chi connectivity index (χ0) is 7.28. The summed E-state index contributed by atoms with van der Waals surface area (Å²) in [5.74, 6) is 1.78. The first-order valence-corrected chi connectivity index (χ1v) is 5.16. The fourth-order valence-electron chi connectivity index (χ4n) is 0.360. The van der Waals surface area contributed by atoms with Gasteiger partial charge in [-0.05, 0) is 0 Å². The van der Waals surface area contributed by atoms with Crippen LogP contribution < -0.4 is 0 Å². The molecule has 9 heavy (non-hydrogen) atoms. The number of rotatable bonds is 2. The second-order valence-electron chi connectivity index (χ2n) is 1.41. The average molecular weight is 193 g/mol. The molecule has 0 unspecified atom stereocenters. The molecule has 0 radical (unpaired) electrons. The molecule has 0 saturated carbocycles. The van der Waals surface area contributed by atoms with Crippen molar-refractivity contribution in [1.82, 2.24) is 0 Å². The van der Waals surface area contributed by atoms with Gasteiger partial charge in [0.05, 0.1) is 0 Å². The van der Waals surface area contributed by atoms with Crippen LogP contribution in [-0.2, 0) is 9.53 Å². The summed E-state index contributed by atoms with van der Waals surface area (Å²) in [6, 6.07) is 0. The van der Waals surface area contributed by atoms with Crippen molar-refractivity contribution >= 4 is 20.9 Å². The van der Waals surface area contributed by atoms with Crippen LogP contribution in [0.15, 0.2) is 10.7 Å². The molecule has 52 valence electrons. The van der Waals surface area contributed by atoms with E-state index in [0.717, 1.165) is 4.66 Å². The summed E-state index contributed by atoms with van der Waals surface area (Å²) in [6.45, 7) is 3.28. The molecule has 0 aliphatic carbocycles. The van der Waals surface area contributed by atoms with Gasteiger partial charge in [0, 0.05) is 0 Å². The van der Waals surface area contributed by atoms with Gasteiger partial charge in [0.2, 0.25) is 0 Å². The summed E-state index contributed by atoms with van der Waals surface area (Å²) in [6.07, 6.45) is 1.82. The Kier molecular flexibility index (Phi) is 4.46. The van der Waals surface area contributed by atoms with Gasteiger partial charge >= 0.3 is 60.9 Å². The van der Waals surface area contributed by atoms with Crippen molar-refractivity contribution in [3.63, 3.8) is 0 Å². The van der Waals surface area contributed by atoms with Crippen molar-refractivity contribution in [2.75, 3.05) is 0 Å². The normalized spacial score (nSPS) is 11.2. The minimum absolute atomic E-state index is 0.230. The quantitative estimate of drug-likeness (QED) is 0.373. The van der Waals surface area contributed by atoms with Crippen LogP contribution in [0.2, 0.25) is 5.82 Å². The minimum atomic E-state index is -0.230. The van der Waals surface area contributed by atoms with Gasteiger partial charge in [-0.2, -0.15) is 0 Å². The van der Waals surface area contributed by atoms with Crippen LogP contribution in [0.25, 0.3) is 0 Å². The molecule has 0 N–H and O–H groups in total. The molecule has 0 rings (SSSR count). The van der Waals surface area contributed by atoms with Gasteiger partial charge in [-0.3, -0.25) is 0 Å². The molecule has 0 aromatic heterocycles. The van der Waals surface area contributed by atoms with Gasteiger partial charge in [0.25, 0.3) is 0 Å². The standard InChI is InChI=1S/C6H10O2Se/c1-4-6(9-3)8-5(2)7/h4H,1-3H3/b6-4+. The predicted octanol–water partition coefficient (Wildman–Crippen LogP) is 1.16. The monoisotopic (exact) mass is 194 g/mol. The third-order valence-electron chi connectivity index (χ3n) is 0.681. The van der Waals surface area contributed by atoms with Gasteiger partial charge in [0.1, 0.15) is 0 Å². The Morgan fingerprint density at radius 1 is 1.67 bits per heavy atom. The summed E-state index contributed by atoms with van der Waals surface area (Å²) < 4.78 is 5.60. The molecule has 0 amide bonds. The van der Waals surface area contributed by atoms with E-state index in [2.05, 4.69) is 0 Å². The zero-order valence-electron chi connectivity index (χ0n) is 5.80. The van der Waals surface area contributed by atoms with E-state index >= 15 is 0 Å². The summed E-state index contributed by atoms with van der Waals surface area (Å²) in [5.41, 5.74) is 0. The van der Waals surface area contributed by atoms with Crippen molar-refractivity contribution in [2.24, 2.45) is 0 Å². The summed E-state index contributed by atoms with van der Waals surface area (Å²) in [7, 11) is 0. The number of hydrogen-bond acceptors (Lipinski definition) is 2. The zero-order valence-corrected chi connectivity index (χ0v) is 7.52. The SMILES string of the molecule is C/C=C(\OC(C)=O)[Se]C. The van der Waals surface area contributed by atoms with Gasteiger partial charge < -0.3 is 0 Å². The van der Waals surface area contributed by atoms with Crippen LogP contribution in [0.1, 0.15) is 13.8 Å². The summed E-state index contributed by atoms with van der Waals surface area (Å²) >= 11 is 0.292. The molecule has 0 saturated heterocycles. The van der Waals surface area contributed by atoms with Crippen molar-refractivity contribution in [1.29, 1.82) is 0 Å². The van der Waals surface area contributed by atoms with E-state index < -0.39 is 0 Å². The number of carbonyl (C=O) groups excluding carboxylic acids is 1. The van der Waals surface area contributed by atoms with E-state index in [1.807, 2.05) is 18.8 Å². The number of hydrogen-bond donors (Lipinski definition) is 0. The maximum absolute atomic E-state index is 10.3. The first-order valence-electron chi connectivity index (χ1n) is 2.59. The third-order valence-corrected chi connectivity index (χ3v) is 2.19. The Bertz CT molecular complexity index is 129. The van der Waals surface area contributed by atoms with E-state index in [1.54, 1.807) is 0 Å². The molecular formula is C6H10O2Se. The number of allylic oxidation sites excluding steroid dienone is 1. The molecule has 0 heterocycles. The van der Waals surface area contributed by atoms with E-state index in [1.165, 1.54) is 6.92 Å². The fraction of sp³-hybridized carbons (Fsp3) is 0.500. The Morgan fingerprint density at radius 3 is 2.33 bits per heavy atom. The molecule has 0 aliphatic rings. The first-order chi connectivity index (χ1) is 4.20. The van der Waals surface area contributed by atoms with Crippen LogP contribution in [-0.4, -0.2) is 20.9 Å². The van der Waals surface area contributed by atoms with Crippen LogP contribution in [0.4, 0.5) is 0 Å². The first kappa shape index (κ1) is 8.73. The molecule has 0 atom stereocenters. The molecular weight excluding hydrogens is 183 g/mol. The topological polar surface area (TPSA) is 26.3 Å². The molecule has 0 fully saturated rings. The van der Waals surface area contributed by atoms with Gasteiger partial charge in [-0.1, -0.05) is 0 Å². The average Bonchev–Trinajstić information content (AvgIpc) is 1.82. The number of esters is 1. The van der Waals surface area contributed by atoms with Crippen molar-refractivity contribution < 1.29 is 9.53 Å². The van der Waals surface area contributed by atoms with E-state index in [9.17, 15) is 4.79 Å². The van der Waals surface area contributed by atoms with E-state index in [-0.39, 0.29) is 5.97 Å². The Balaban J connectivity index is 3.71. The predicted molar refractivity (Wildman–Crippen MR) is 37.1 cm³/mol. The molecule has 0 bridgehead atoms. The van der Waals surface area contributed by atoms with E-state index in [0.29, 0.717) is 15.0 Å². The fourth-order valence-corrected chi connectivity index (χ4v) is 1.28. The molecule has 2 nitrogen and oxygen atoms in total. The van der Waals surface area contributed by atoms with E-state index in [4.69, 9.17) is 4.74 Å². The molecule has 0 spiro atoms. The molecule has 0 aromatic rings. The van der Waals surface area contributed by atoms with Crippen LogP contribution in [0, 0.1) is 0 Å². The van der Waals surface area contributed by atoms with Gasteiger partial charge in [-0.25, -0.2) is 0 Å². The Hall–Kier alpha value is -0.271. The van der Waals surface area contributed by atoms with Crippen LogP contribution >= 0.6 is 0 Å². The summed E-state index contributed by atoms with van der Waals surface area (Å²) in [4.78, 5) is 10.3. The second kappa shape index (κ2) is 4.59. The Morgan fingerprint density at radius 2 is 2.22 bits per heavy atom. The second-order valence-corrected chi connectivity index (χ2v) is 3.11.